The van der Waals surface area contributed by atoms with Gasteiger partial charge in [-0.15, -0.1) is 0 Å². The van der Waals surface area contributed by atoms with E-state index in [4.69, 9.17) is 17.0 Å². The lowest BCUT2D eigenvalue weighted by Crippen LogP contribution is -2.52. The number of amides is 1. The highest BCUT2D eigenvalue weighted by Gasteiger charge is 2.25. The van der Waals surface area contributed by atoms with Gasteiger partial charge in [0.15, 0.2) is 5.11 Å². The molecule has 0 aliphatic carbocycles. The van der Waals surface area contributed by atoms with Crippen molar-refractivity contribution in [2.45, 2.75) is 19.3 Å². The van der Waals surface area contributed by atoms with Crippen molar-refractivity contribution in [3.8, 4) is 5.75 Å². The Morgan fingerprint density at radius 2 is 1.74 bits per heavy atom. The Morgan fingerprint density at radius 1 is 1.03 bits per heavy atom. The van der Waals surface area contributed by atoms with Crippen molar-refractivity contribution in [3.63, 3.8) is 0 Å². The maximum atomic E-state index is 12.7. The molecule has 2 aliphatic rings. The third-order valence-electron chi connectivity index (χ3n) is 6.42. The summed E-state index contributed by atoms with van der Waals surface area (Å²) in [6.45, 7) is 4.36. The van der Waals surface area contributed by atoms with Gasteiger partial charge < -0.3 is 19.4 Å². The maximum absolute atomic E-state index is 12.7. The average molecular weight is 562 g/mol. The summed E-state index contributed by atoms with van der Waals surface area (Å²) >= 11 is 8.89. The van der Waals surface area contributed by atoms with Gasteiger partial charge in [0.05, 0.1) is 16.5 Å². The van der Waals surface area contributed by atoms with Crippen LogP contribution in [0, 0.1) is 10.1 Å². The van der Waals surface area contributed by atoms with Gasteiger partial charge in [-0.1, -0.05) is 0 Å². The maximum Gasteiger partial charge on any atom is 0.292 e. The third-order valence-corrected chi connectivity index (χ3v) is 7.40. The van der Waals surface area contributed by atoms with E-state index in [9.17, 15) is 14.9 Å². The molecule has 0 atom stereocenters. The number of hydrogen-bond acceptors (Lipinski definition) is 7. The third kappa shape index (κ3) is 5.84. The molecule has 186 valence electrons. The number of piperazine rings is 1. The quantitative estimate of drug-likeness (QED) is 0.330. The molecule has 0 aromatic heterocycles. The zero-order valence-electron chi connectivity index (χ0n) is 19.5. The summed E-state index contributed by atoms with van der Waals surface area (Å²) < 4.78 is 5.90. The molecule has 9 nitrogen and oxygen atoms in total. The molecule has 2 aliphatic heterocycles. The standard InChI is InChI=1S/C24H28BrN5O4S/c1-34-22-8-5-17(15-19(22)25)23(31)26-24(35)29-13-11-27(12-14-29)18-6-7-20(30(32)33)21(16-18)28-9-3-2-4-10-28/h5-8,15-16H,2-4,9-14H2,1H3,(H,26,31,35). The number of hydrogen-bond donors (Lipinski definition) is 1. The Bertz CT molecular complexity index is 1120. The Balaban J connectivity index is 1.38. The first-order valence-electron chi connectivity index (χ1n) is 11.6. The number of carbonyl (C=O) groups excluding carboxylic acids is 1. The molecule has 1 N–H and O–H groups in total. The van der Waals surface area contributed by atoms with Crippen molar-refractivity contribution in [1.29, 1.82) is 0 Å². The van der Waals surface area contributed by atoms with Gasteiger partial charge in [0.1, 0.15) is 11.4 Å². The first-order valence-corrected chi connectivity index (χ1v) is 12.8. The molecule has 0 saturated carbocycles. The molecule has 2 aromatic carbocycles. The fourth-order valence-corrected chi connectivity index (χ4v) is 5.29. The minimum absolute atomic E-state index is 0.156. The first-order chi connectivity index (χ1) is 16.9. The van der Waals surface area contributed by atoms with Crippen molar-refractivity contribution in [2.24, 2.45) is 0 Å². The molecule has 2 saturated heterocycles. The zero-order valence-corrected chi connectivity index (χ0v) is 21.9. The highest BCUT2D eigenvalue weighted by Crippen LogP contribution is 2.34. The summed E-state index contributed by atoms with van der Waals surface area (Å²) in [4.78, 5) is 30.3. The molecule has 0 unspecified atom stereocenters. The van der Waals surface area contributed by atoms with Gasteiger partial charge >= 0.3 is 0 Å². The highest BCUT2D eigenvalue weighted by atomic mass is 79.9. The van der Waals surface area contributed by atoms with Crippen LogP contribution in [0.1, 0.15) is 29.6 Å². The lowest BCUT2D eigenvalue weighted by Gasteiger charge is -2.37. The number of nitrogens with zero attached hydrogens (tertiary/aromatic N) is 4. The molecule has 1 amide bonds. The van der Waals surface area contributed by atoms with E-state index < -0.39 is 0 Å². The first kappa shape index (κ1) is 25.2. The minimum atomic E-state index is -0.297. The smallest absolute Gasteiger partial charge is 0.292 e. The van der Waals surface area contributed by atoms with E-state index in [1.807, 2.05) is 17.0 Å². The molecule has 11 heteroatoms. The fraction of sp³-hybridized carbons (Fsp3) is 0.417. The predicted molar refractivity (Wildman–Crippen MR) is 144 cm³/mol. The van der Waals surface area contributed by atoms with Crippen LogP contribution < -0.4 is 19.9 Å². The minimum Gasteiger partial charge on any atom is -0.496 e. The monoisotopic (exact) mass is 561 g/mol. The Morgan fingerprint density at radius 3 is 2.37 bits per heavy atom. The van der Waals surface area contributed by atoms with Crippen molar-refractivity contribution < 1.29 is 14.5 Å². The van der Waals surface area contributed by atoms with E-state index in [1.165, 1.54) is 0 Å². The van der Waals surface area contributed by atoms with Gasteiger partial charge in [-0.05, 0) is 77.7 Å². The topological polar surface area (TPSA) is 91.2 Å². The van der Waals surface area contributed by atoms with Crippen LogP contribution >= 0.6 is 28.1 Å². The fourth-order valence-electron chi connectivity index (χ4n) is 4.47. The second-order valence-corrected chi connectivity index (χ2v) is 9.80. The molecule has 2 aromatic rings. The number of ether oxygens (including phenoxy) is 1. The number of methoxy groups -OCH3 is 1. The summed E-state index contributed by atoms with van der Waals surface area (Å²) in [6, 6.07) is 10.5. The second kappa shape index (κ2) is 11.2. The molecule has 0 radical (unpaired) electrons. The second-order valence-electron chi connectivity index (χ2n) is 8.56. The number of carbonyl (C=O) groups is 1. The van der Waals surface area contributed by atoms with Crippen LogP contribution in [-0.2, 0) is 0 Å². The van der Waals surface area contributed by atoms with E-state index in [2.05, 4.69) is 31.0 Å². The normalized spacial score (nSPS) is 16.1. The average Bonchev–Trinajstić information content (AvgIpc) is 2.88. The van der Waals surface area contributed by atoms with Gasteiger partial charge in [-0.2, -0.15) is 0 Å². The number of nitrogens with one attached hydrogen (secondary N) is 1. The molecule has 2 fully saturated rings. The summed E-state index contributed by atoms with van der Waals surface area (Å²) in [7, 11) is 1.57. The number of piperidine rings is 1. The van der Waals surface area contributed by atoms with Gasteiger partial charge in [0.25, 0.3) is 11.6 Å². The molecule has 0 spiro atoms. The lowest BCUT2D eigenvalue weighted by molar-refractivity contribution is -0.384. The number of thiocarbonyl (C=S) groups is 1. The summed E-state index contributed by atoms with van der Waals surface area (Å²) in [5.74, 6) is 0.372. The number of rotatable bonds is 5. The van der Waals surface area contributed by atoms with E-state index in [1.54, 1.807) is 31.4 Å². The van der Waals surface area contributed by atoms with Crippen LogP contribution in [0.3, 0.4) is 0 Å². The van der Waals surface area contributed by atoms with Crippen molar-refractivity contribution in [1.82, 2.24) is 10.2 Å². The summed E-state index contributed by atoms with van der Waals surface area (Å²) in [5.41, 5.74) is 2.30. The summed E-state index contributed by atoms with van der Waals surface area (Å²) in [5, 5.41) is 14.8. The van der Waals surface area contributed by atoms with Gasteiger partial charge in [-0.25, -0.2) is 0 Å². The predicted octanol–water partition coefficient (Wildman–Crippen LogP) is 4.19. The summed E-state index contributed by atoms with van der Waals surface area (Å²) in [6.07, 6.45) is 3.27. The molecule has 2 heterocycles. The van der Waals surface area contributed by atoms with Crippen LogP contribution in [0.5, 0.6) is 5.75 Å². The van der Waals surface area contributed by atoms with Gasteiger partial charge in [0.2, 0.25) is 0 Å². The molecule has 35 heavy (non-hydrogen) atoms. The zero-order chi connectivity index (χ0) is 24.9. The van der Waals surface area contributed by atoms with Crippen LogP contribution in [0.25, 0.3) is 0 Å². The molecule has 0 bridgehead atoms. The van der Waals surface area contributed by atoms with E-state index >= 15 is 0 Å². The number of anilines is 2. The van der Waals surface area contributed by atoms with Crippen LogP contribution in [-0.4, -0.2) is 67.2 Å². The van der Waals surface area contributed by atoms with Gasteiger partial charge in [0, 0.05) is 56.6 Å². The Kier molecular flexibility index (Phi) is 8.07. The SMILES string of the molecule is COc1ccc(C(=O)NC(=S)N2CCN(c3ccc([N+](=O)[O-])c(N4CCCCC4)c3)CC2)cc1Br. The van der Waals surface area contributed by atoms with Gasteiger partial charge in [-0.3, -0.25) is 20.2 Å². The number of nitro benzene ring substituents is 1. The molecule has 4 rings (SSSR count). The van der Waals surface area contributed by atoms with Crippen molar-refractivity contribution in [3.05, 3.63) is 56.5 Å². The highest BCUT2D eigenvalue weighted by molar-refractivity contribution is 9.10. The largest absolute Gasteiger partial charge is 0.496 e. The van der Waals surface area contributed by atoms with Crippen molar-refractivity contribution in [2.75, 3.05) is 56.2 Å². The van der Waals surface area contributed by atoms with Crippen LogP contribution in [0.15, 0.2) is 40.9 Å². The lowest BCUT2D eigenvalue weighted by atomic mass is 10.1. The molecular weight excluding hydrogens is 534 g/mol. The number of benzene rings is 2. The number of nitro groups is 1. The van der Waals surface area contributed by atoms with E-state index in [0.717, 1.165) is 38.0 Å². The Hall–Kier alpha value is -2.92. The van der Waals surface area contributed by atoms with E-state index in [0.29, 0.717) is 52.8 Å². The van der Waals surface area contributed by atoms with E-state index in [-0.39, 0.29) is 16.5 Å². The Labute approximate surface area is 218 Å². The van der Waals surface area contributed by atoms with Crippen molar-refractivity contribution >= 4 is 56.2 Å². The van der Waals surface area contributed by atoms with Crippen LogP contribution in [0.4, 0.5) is 17.1 Å². The van der Waals surface area contributed by atoms with Crippen LogP contribution in [0.2, 0.25) is 0 Å². The molecular formula is C24H28BrN5O4S. The number of halogens is 1.